The number of thiol groups is 1. The fourth-order valence-electron chi connectivity index (χ4n) is 2.52. The summed E-state index contributed by atoms with van der Waals surface area (Å²) in [6.07, 6.45) is 8.46. The minimum absolute atomic E-state index is 0.180. The number of carbonyl (C=O) groups excluding carboxylic acids is 1. The summed E-state index contributed by atoms with van der Waals surface area (Å²) in [6, 6.07) is 0. The van der Waals surface area contributed by atoms with Crippen LogP contribution >= 0.6 is 0 Å². The van der Waals surface area contributed by atoms with Gasteiger partial charge in [-0.2, -0.15) is 0 Å². The van der Waals surface area contributed by atoms with Crippen molar-refractivity contribution in [2.24, 2.45) is 0 Å². The van der Waals surface area contributed by atoms with Crippen LogP contribution in [0.15, 0.2) is 11.6 Å². The lowest BCUT2D eigenvalue weighted by atomic mass is 9.97. The lowest BCUT2D eigenvalue weighted by Gasteiger charge is -2.18. The predicted molar refractivity (Wildman–Crippen MR) is 64.9 cm³/mol. The van der Waals surface area contributed by atoms with E-state index in [1.54, 1.807) is 0 Å². The number of hydrogen-bond donors (Lipinski definition) is 1. The van der Waals surface area contributed by atoms with Crippen LogP contribution in [0.5, 0.6) is 0 Å². The van der Waals surface area contributed by atoms with Gasteiger partial charge in [-0.15, -0.1) is 0 Å². The van der Waals surface area contributed by atoms with Crippen LogP contribution in [-0.4, -0.2) is 27.3 Å². The molecule has 15 heavy (non-hydrogen) atoms. The van der Waals surface area contributed by atoms with Gasteiger partial charge < -0.3 is 0 Å². The molecule has 2 rings (SSSR count). The Bertz CT molecular complexity index is 321. The zero-order valence-electron chi connectivity index (χ0n) is 9.21. The Morgan fingerprint density at radius 2 is 1.93 bits per heavy atom. The molecule has 0 aromatic heterocycles. The smallest absolute Gasteiger partial charge is 0.169 e. The quantitative estimate of drug-likeness (QED) is 0.748. The summed E-state index contributed by atoms with van der Waals surface area (Å²) in [4.78, 5) is 11.9. The molecule has 0 aromatic rings. The van der Waals surface area contributed by atoms with Crippen molar-refractivity contribution < 1.29 is 9.00 Å². The Morgan fingerprint density at radius 1 is 1.20 bits per heavy atom. The largest absolute Gasteiger partial charge is 0.294 e. The van der Waals surface area contributed by atoms with Crippen molar-refractivity contribution in [3.8, 4) is 0 Å². The summed E-state index contributed by atoms with van der Waals surface area (Å²) < 4.78 is 12.2. The highest BCUT2D eigenvalue weighted by atomic mass is 32.2. The van der Waals surface area contributed by atoms with Gasteiger partial charge >= 0.3 is 0 Å². The zero-order valence-corrected chi connectivity index (χ0v) is 10.1. The Balaban J connectivity index is 1.96. The SMILES string of the molecule is O=C(C[SH]1(=O)CCCC1)C1=CCCCC1. The Kier molecular flexibility index (Phi) is 3.39. The molecule has 0 amide bonds. The number of carbonyl (C=O) groups is 1. The van der Waals surface area contributed by atoms with E-state index in [0.717, 1.165) is 49.2 Å². The third-order valence-electron chi connectivity index (χ3n) is 3.46. The minimum Gasteiger partial charge on any atom is -0.294 e. The molecule has 0 aromatic carbocycles. The average Bonchev–Trinajstić information content (AvgIpc) is 2.66. The van der Waals surface area contributed by atoms with Crippen molar-refractivity contribution in [3.63, 3.8) is 0 Å². The molecule has 1 heterocycles. The molecular formula is C12H20O2S. The van der Waals surface area contributed by atoms with Crippen LogP contribution in [0.1, 0.15) is 38.5 Å². The van der Waals surface area contributed by atoms with Gasteiger partial charge in [-0.05, 0) is 44.1 Å². The van der Waals surface area contributed by atoms with E-state index in [4.69, 9.17) is 0 Å². The van der Waals surface area contributed by atoms with Gasteiger partial charge in [-0.1, -0.05) is 16.0 Å². The molecule has 2 nitrogen and oxygen atoms in total. The van der Waals surface area contributed by atoms with Crippen LogP contribution in [-0.2, 0) is 14.7 Å². The van der Waals surface area contributed by atoms with Crippen molar-refractivity contribution in [1.82, 2.24) is 0 Å². The first-order chi connectivity index (χ1) is 7.20. The maximum absolute atomic E-state index is 12.2. The van der Waals surface area contributed by atoms with Crippen molar-refractivity contribution in [2.45, 2.75) is 38.5 Å². The first-order valence-corrected chi connectivity index (χ1v) is 8.25. The van der Waals surface area contributed by atoms with Crippen LogP contribution in [0.3, 0.4) is 0 Å². The van der Waals surface area contributed by atoms with Crippen molar-refractivity contribution >= 4 is 15.7 Å². The number of rotatable bonds is 3. The van der Waals surface area contributed by atoms with Gasteiger partial charge in [0.1, 0.15) is 0 Å². The maximum atomic E-state index is 12.2. The van der Waals surface area contributed by atoms with E-state index in [1.807, 2.05) is 0 Å². The Hall–Kier alpha value is -0.440. The Morgan fingerprint density at radius 3 is 2.53 bits per heavy atom. The van der Waals surface area contributed by atoms with E-state index in [2.05, 4.69) is 6.08 Å². The fraction of sp³-hybridized carbons (Fsp3) is 0.750. The highest BCUT2D eigenvalue weighted by Gasteiger charge is 2.25. The molecule has 0 bridgehead atoms. The van der Waals surface area contributed by atoms with Crippen LogP contribution < -0.4 is 0 Å². The molecule has 0 unspecified atom stereocenters. The summed E-state index contributed by atoms with van der Waals surface area (Å²) in [5.41, 5.74) is 0.961. The third-order valence-corrected chi connectivity index (χ3v) is 6.59. The number of hydrogen-bond acceptors (Lipinski definition) is 2. The lowest BCUT2D eigenvalue weighted by Crippen LogP contribution is -2.26. The summed E-state index contributed by atoms with van der Waals surface area (Å²) in [5, 5.41) is 0. The monoisotopic (exact) mass is 228 g/mol. The Labute approximate surface area is 92.6 Å². The van der Waals surface area contributed by atoms with Crippen molar-refractivity contribution in [2.75, 3.05) is 17.3 Å². The molecule has 1 aliphatic carbocycles. The molecule has 0 N–H and O–H groups in total. The molecule has 1 fully saturated rings. The predicted octanol–water partition coefficient (Wildman–Crippen LogP) is 1.87. The highest BCUT2D eigenvalue weighted by Crippen LogP contribution is 2.23. The van der Waals surface area contributed by atoms with E-state index < -0.39 is 9.93 Å². The van der Waals surface area contributed by atoms with E-state index in [-0.39, 0.29) is 5.78 Å². The van der Waals surface area contributed by atoms with Crippen molar-refractivity contribution in [1.29, 1.82) is 0 Å². The minimum atomic E-state index is -2.08. The van der Waals surface area contributed by atoms with Gasteiger partial charge in [0.2, 0.25) is 0 Å². The molecule has 1 aliphatic heterocycles. The molecule has 0 atom stereocenters. The number of ketones is 1. The lowest BCUT2D eigenvalue weighted by molar-refractivity contribution is -0.113. The van der Waals surface area contributed by atoms with Gasteiger partial charge in [0.05, 0.1) is 5.75 Å². The van der Waals surface area contributed by atoms with E-state index in [0.29, 0.717) is 5.75 Å². The van der Waals surface area contributed by atoms with Gasteiger partial charge in [0.15, 0.2) is 5.78 Å². The summed E-state index contributed by atoms with van der Waals surface area (Å²) in [6.45, 7) is 0. The topological polar surface area (TPSA) is 34.1 Å². The van der Waals surface area contributed by atoms with Crippen LogP contribution in [0.2, 0.25) is 0 Å². The molecule has 1 saturated heterocycles. The van der Waals surface area contributed by atoms with Crippen LogP contribution in [0, 0.1) is 0 Å². The van der Waals surface area contributed by atoms with Crippen LogP contribution in [0.25, 0.3) is 0 Å². The second-order valence-corrected chi connectivity index (χ2v) is 8.10. The van der Waals surface area contributed by atoms with Gasteiger partial charge in [0.25, 0.3) is 0 Å². The first kappa shape index (κ1) is 11.1. The molecule has 0 spiro atoms. The second-order valence-electron chi connectivity index (χ2n) is 4.77. The molecular weight excluding hydrogens is 208 g/mol. The summed E-state index contributed by atoms with van der Waals surface area (Å²) >= 11 is 0. The fourth-order valence-corrected chi connectivity index (χ4v) is 5.39. The first-order valence-electron chi connectivity index (χ1n) is 5.99. The van der Waals surface area contributed by atoms with E-state index in [1.165, 1.54) is 6.42 Å². The summed E-state index contributed by atoms with van der Waals surface area (Å²) in [5.74, 6) is 2.16. The molecule has 0 radical (unpaired) electrons. The van der Waals surface area contributed by atoms with Crippen molar-refractivity contribution in [3.05, 3.63) is 11.6 Å². The molecule has 0 saturated carbocycles. The highest BCUT2D eigenvalue weighted by molar-refractivity contribution is 8.03. The number of allylic oxidation sites excluding steroid dienone is 2. The van der Waals surface area contributed by atoms with E-state index >= 15 is 0 Å². The molecule has 3 heteroatoms. The molecule has 86 valence electrons. The molecule has 2 aliphatic rings. The average molecular weight is 228 g/mol. The zero-order chi connectivity index (χ0) is 10.7. The van der Waals surface area contributed by atoms with Gasteiger partial charge in [-0.25, -0.2) is 0 Å². The maximum Gasteiger partial charge on any atom is 0.169 e. The second kappa shape index (κ2) is 4.60. The van der Waals surface area contributed by atoms with Gasteiger partial charge in [0, 0.05) is 11.5 Å². The normalized spacial score (nSPS) is 27.1. The third kappa shape index (κ3) is 2.77. The summed E-state index contributed by atoms with van der Waals surface area (Å²) in [7, 11) is -2.08. The van der Waals surface area contributed by atoms with E-state index in [9.17, 15) is 9.00 Å². The number of Topliss-reactive ketones (excluding diaryl/α,β-unsaturated/α-hetero) is 1. The van der Waals surface area contributed by atoms with Crippen LogP contribution in [0.4, 0.5) is 0 Å². The van der Waals surface area contributed by atoms with Gasteiger partial charge in [-0.3, -0.25) is 9.00 Å². The standard InChI is InChI=1S/C12H20O2S/c13-12(11-6-2-1-3-7-11)10-15(14)8-4-5-9-15/h6,15H,1-5,7-10H2.